The van der Waals surface area contributed by atoms with Crippen LogP contribution < -0.4 is 0 Å². The zero-order valence-corrected chi connectivity index (χ0v) is 9.59. The third kappa shape index (κ3) is 8.63. The van der Waals surface area contributed by atoms with Crippen molar-refractivity contribution >= 4 is 0 Å². The van der Waals surface area contributed by atoms with Gasteiger partial charge in [0.1, 0.15) is 0 Å². The second-order valence-electron chi connectivity index (χ2n) is 2.55. The molecule has 2 rings (SSSR count). The van der Waals surface area contributed by atoms with Gasteiger partial charge in [-0.1, -0.05) is 49.7 Å². The van der Waals surface area contributed by atoms with Crippen molar-refractivity contribution in [3.8, 4) is 0 Å². The highest BCUT2D eigenvalue weighted by Crippen LogP contribution is 1.92. The van der Waals surface area contributed by atoms with Crippen molar-refractivity contribution in [2.24, 2.45) is 0 Å². The van der Waals surface area contributed by atoms with E-state index in [1.807, 2.05) is 32.0 Å². The molecule has 2 heteroatoms. The molecule has 1 heterocycles. The lowest BCUT2D eigenvalue weighted by atomic mass is 10.2. The Bertz CT molecular complexity index is 279. The van der Waals surface area contributed by atoms with Crippen molar-refractivity contribution < 1.29 is 0 Å². The van der Waals surface area contributed by atoms with Gasteiger partial charge >= 0.3 is 0 Å². The third-order valence-corrected chi connectivity index (χ3v) is 1.42. The molecule has 15 heavy (non-hydrogen) atoms. The van der Waals surface area contributed by atoms with Crippen LogP contribution in [0.15, 0.2) is 55.1 Å². The lowest BCUT2D eigenvalue weighted by Gasteiger charge is -1.82. The van der Waals surface area contributed by atoms with Gasteiger partial charge in [0, 0.05) is 24.8 Å². The Balaban J connectivity index is 0.000000227. The van der Waals surface area contributed by atoms with Crippen molar-refractivity contribution in [3.63, 3.8) is 0 Å². The molecule has 0 atom stereocenters. The molecular formula is C13H18N2. The maximum atomic E-state index is 3.72. The minimum atomic E-state index is 1.32. The Labute approximate surface area is 92.0 Å². The number of hydrogen-bond donors (Lipinski definition) is 0. The summed E-state index contributed by atoms with van der Waals surface area (Å²) in [6.45, 7) is 6.08. The van der Waals surface area contributed by atoms with Crippen LogP contribution in [0.5, 0.6) is 0 Å². The van der Waals surface area contributed by atoms with Gasteiger partial charge in [-0.3, -0.25) is 9.97 Å². The van der Waals surface area contributed by atoms with Crippen LogP contribution in [-0.4, -0.2) is 9.97 Å². The van der Waals surface area contributed by atoms with Crippen molar-refractivity contribution in [2.45, 2.75) is 20.8 Å². The normalized spacial score (nSPS) is 7.67. The van der Waals surface area contributed by atoms with E-state index in [0.29, 0.717) is 0 Å². The van der Waals surface area contributed by atoms with Gasteiger partial charge in [0.05, 0.1) is 0 Å². The molecule has 0 radical (unpaired) electrons. The molecule has 1 aromatic carbocycles. The predicted octanol–water partition coefficient (Wildman–Crippen LogP) is 3.50. The predicted molar refractivity (Wildman–Crippen MR) is 64.6 cm³/mol. The van der Waals surface area contributed by atoms with E-state index < -0.39 is 0 Å². The molecule has 0 aliphatic heterocycles. The number of rotatable bonds is 0. The fraction of sp³-hybridized carbons (Fsp3) is 0.231. The van der Waals surface area contributed by atoms with Crippen molar-refractivity contribution in [1.82, 2.24) is 9.97 Å². The van der Waals surface area contributed by atoms with Crippen LogP contribution in [-0.2, 0) is 0 Å². The molecule has 0 aliphatic rings. The van der Waals surface area contributed by atoms with Crippen LogP contribution in [0.3, 0.4) is 0 Å². The van der Waals surface area contributed by atoms with Gasteiger partial charge in [-0.2, -0.15) is 0 Å². The summed E-state index contributed by atoms with van der Waals surface area (Å²) in [4.78, 5) is 7.44. The summed E-state index contributed by atoms with van der Waals surface area (Å²) in [5.74, 6) is 0. The summed E-state index contributed by atoms with van der Waals surface area (Å²) in [7, 11) is 0. The molecule has 0 spiro atoms. The SMILES string of the molecule is CC.Cc1ccccc1.c1cnccn1. The standard InChI is InChI=1S/C7H8.C4H4N2.C2H6/c1-7-5-3-2-4-6-7;1-2-6-4-3-5-1;1-2/h2-6H,1H3;1-4H;1-2H3. The lowest BCUT2D eigenvalue weighted by Crippen LogP contribution is -1.66. The molecular weight excluding hydrogens is 184 g/mol. The number of aryl methyl sites for hydroxylation is 1. The molecule has 2 aromatic rings. The van der Waals surface area contributed by atoms with E-state index in [1.54, 1.807) is 24.8 Å². The Morgan fingerprint density at radius 2 is 1.13 bits per heavy atom. The number of hydrogen-bond acceptors (Lipinski definition) is 2. The average Bonchev–Trinajstić information content (AvgIpc) is 2.36. The first-order chi connectivity index (χ1) is 7.39. The van der Waals surface area contributed by atoms with Crippen molar-refractivity contribution in [1.29, 1.82) is 0 Å². The van der Waals surface area contributed by atoms with Crippen LogP contribution in [0.4, 0.5) is 0 Å². The molecule has 0 unspecified atom stereocenters. The summed E-state index contributed by atoms with van der Waals surface area (Å²) in [5, 5.41) is 0. The van der Waals surface area contributed by atoms with Crippen LogP contribution >= 0.6 is 0 Å². The van der Waals surface area contributed by atoms with Gasteiger partial charge in [0.25, 0.3) is 0 Å². The molecule has 0 fully saturated rings. The highest BCUT2D eigenvalue weighted by Gasteiger charge is 1.72. The maximum absolute atomic E-state index is 3.72. The molecule has 0 saturated carbocycles. The van der Waals surface area contributed by atoms with Crippen molar-refractivity contribution in [2.75, 3.05) is 0 Å². The summed E-state index contributed by atoms with van der Waals surface area (Å²) >= 11 is 0. The lowest BCUT2D eigenvalue weighted by molar-refractivity contribution is 1.20. The van der Waals surface area contributed by atoms with E-state index in [1.165, 1.54) is 5.56 Å². The molecule has 80 valence electrons. The van der Waals surface area contributed by atoms with Gasteiger partial charge in [-0.05, 0) is 6.92 Å². The van der Waals surface area contributed by atoms with E-state index in [-0.39, 0.29) is 0 Å². The van der Waals surface area contributed by atoms with Gasteiger partial charge in [0.15, 0.2) is 0 Å². The Kier molecular flexibility index (Phi) is 9.20. The number of nitrogens with zero attached hydrogens (tertiary/aromatic N) is 2. The third-order valence-electron chi connectivity index (χ3n) is 1.42. The van der Waals surface area contributed by atoms with Crippen LogP contribution in [0.1, 0.15) is 19.4 Å². The number of benzene rings is 1. The molecule has 2 nitrogen and oxygen atoms in total. The molecule has 0 saturated heterocycles. The van der Waals surface area contributed by atoms with Crippen LogP contribution in [0.2, 0.25) is 0 Å². The first-order valence-corrected chi connectivity index (χ1v) is 5.11. The second kappa shape index (κ2) is 10.4. The van der Waals surface area contributed by atoms with E-state index in [0.717, 1.165) is 0 Å². The summed E-state index contributed by atoms with van der Waals surface area (Å²) < 4.78 is 0. The summed E-state index contributed by atoms with van der Waals surface area (Å²) in [6.07, 6.45) is 6.56. The number of aromatic nitrogens is 2. The summed E-state index contributed by atoms with van der Waals surface area (Å²) in [6, 6.07) is 10.3. The topological polar surface area (TPSA) is 25.8 Å². The Hall–Kier alpha value is -1.70. The smallest absolute Gasteiger partial charge is 0.0451 e. The highest BCUT2D eigenvalue weighted by atomic mass is 14.7. The van der Waals surface area contributed by atoms with E-state index >= 15 is 0 Å². The van der Waals surface area contributed by atoms with E-state index in [2.05, 4.69) is 29.0 Å². The monoisotopic (exact) mass is 202 g/mol. The second-order valence-corrected chi connectivity index (χ2v) is 2.55. The molecule has 0 bridgehead atoms. The largest absolute Gasteiger partial charge is 0.262 e. The van der Waals surface area contributed by atoms with Crippen molar-refractivity contribution in [3.05, 3.63) is 60.7 Å². The van der Waals surface area contributed by atoms with E-state index in [4.69, 9.17) is 0 Å². The van der Waals surface area contributed by atoms with Gasteiger partial charge in [-0.15, -0.1) is 0 Å². The minimum absolute atomic E-state index is 1.32. The zero-order chi connectivity index (χ0) is 11.4. The van der Waals surface area contributed by atoms with Gasteiger partial charge in [-0.25, -0.2) is 0 Å². The maximum Gasteiger partial charge on any atom is 0.0451 e. The Morgan fingerprint density at radius 3 is 1.33 bits per heavy atom. The zero-order valence-electron chi connectivity index (χ0n) is 9.59. The molecule has 0 N–H and O–H groups in total. The first kappa shape index (κ1) is 13.3. The Morgan fingerprint density at radius 1 is 0.733 bits per heavy atom. The fourth-order valence-corrected chi connectivity index (χ4v) is 0.788. The minimum Gasteiger partial charge on any atom is -0.262 e. The molecule has 1 aromatic heterocycles. The summed E-state index contributed by atoms with van der Waals surface area (Å²) in [5.41, 5.74) is 1.32. The first-order valence-electron chi connectivity index (χ1n) is 5.11. The quantitative estimate of drug-likeness (QED) is 0.653. The van der Waals surface area contributed by atoms with E-state index in [9.17, 15) is 0 Å². The molecule has 0 amide bonds. The van der Waals surface area contributed by atoms with Crippen LogP contribution in [0, 0.1) is 6.92 Å². The highest BCUT2D eigenvalue weighted by molar-refractivity contribution is 5.11. The van der Waals surface area contributed by atoms with Crippen LogP contribution in [0.25, 0.3) is 0 Å². The van der Waals surface area contributed by atoms with Gasteiger partial charge < -0.3 is 0 Å². The fourth-order valence-electron chi connectivity index (χ4n) is 0.788. The van der Waals surface area contributed by atoms with Gasteiger partial charge in [0.2, 0.25) is 0 Å². The molecule has 0 aliphatic carbocycles. The average molecular weight is 202 g/mol.